The topological polar surface area (TPSA) is 58.8 Å². The van der Waals surface area contributed by atoms with Gasteiger partial charge in [-0.05, 0) is 43.5 Å². The van der Waals surface area contributed by atoms with E-state index in [2.05, 4.69) is 11.8 Å². The Balaban J connectivity index is 1.62. The molecule has 0 spiro atoms. The first-order valence-corrected chi connectivity index (χ1v) is 8.98. The zero-order chi connectivity index (χ0) is 17.3. The molecular formula is C18H26ClN3O2. The lowest BCUT2D eigenvalue weighted by Crippen LogP contribution is -2.55. The second-order valence-electron chi connectivity index (χ2n) is 6.96. The third-order valence-electron chi connectivity index (χ3n) is 5.19. The zero-order valence-corrected chi connectivity index (χ0v) is 15.2. The fourth-order valence-corrected chi connectivity index (χ4v) is 3.88. The third kappa shape index (κ3) is 3.68. The summed E-state index contributed by atoms with van der Waals surface area (Å²) in [5, 5.41) is 0.677. The molecule has 0 bridgehead atoms. The summed E-state index contributed by atoms with van der Waals surface area (Å²) in [6, 6.07) is 4.00. The van der Waals surface area contributed by atoms with E-state index in [-0.39, 0.29) is 17.9 Å². The highest BCUT2D eigenvalue weighted by Crippen LogP contribution is 2.25. The van der Waals surface area contributed by atoms with Crippen LogP contribution in [0.1, 0.15) is 24.5 Å². The number of nitrogens with two attached hydrogens (primary N) is 1. The molecule has 1 unspecified atom stereocenters. The van der Waals surface area contributed by atoms with Crippen LogP contribution in [0.3, 0.4) is 0 Å². The van der Waals surface area contributed by atoms with Crippen molar-refractivity contribution >= 4 is 23.2 Å². The predicted octanol–water partition coefficient (Wildman–Crippen LogP) is 2.30. The number of halogens is 1. The summed E-state index contributed by atoms with van der Waals surface area (Å²) in [6.07, 6.45) is 0.854. The Labute approximate surface area is 148 Å². The highest BCUT2D eigenvalue weighted by atomic mass is 35.5. The molecule has 5 nitrogen and oxygen atoms in total. The smallest absolute Gasteiger partial charge is 0.228 e. The summed E-state index contributed by atoms with van der Waals surface area (Å²) in [4.78, 5) is 17.0. The van der Waals surface area contributed by atoms with Crippen LogP contribution in [0.2, 0.25) is 5.02 Å². The summed E-state index contributed by atoms with van der Waals surface area (Å²) in [5.74, 6) is 0.303. The monoisotopic (exact) mass is 351 g/mol. The van der Waals surface area contributed by atoms with E-state index >= 15 is 0 Å². The molecule has 132 valence electrons. The maximum Gasteiger partial charge on any atom is 0.228 e. The molecular weight excluding hydrogens is 326 g/mol. The molecule has 24 heavy (non-hydrogen) atoms. The lowest BCUT2D eigenvalue weighted by molar-refractivity contribution is -0.140. The molecule has 1 aromatic rings. The molecule has 0 radical (unpaired) electrons. The average molecular weight is 352 g/mol. The van der Waals surface area contributed by atoms with E-state index in [0.29, 0.717) is 18.2 Å². The lowest BCUT2D eigenvalue weighted by Gasteiger charge is -2.41. The Hall–Kier alpha value is -1.30. The summed E-state index contributed by atoms with van der Waals surface area (Å²) in [6.45, 7) is 8.76. The van der Waals surface area contributed by atoms with Gasteiger partial charge >= 0.3 is 0 Å². The second kappa shape index (κ2) is 7.30. The van der Waals surface area contributed by atoms with Crippen molar-refractivity contribution in [3.63, 3.8) is 0 Å². The van der Waals surface area contributed by atoms with Crippen molar-refractivity contribution in [3.8, 4) is 0 Å². The van der Waals surface area contributed by atoms with Crippen LogP contribution in [-0.2, 0) is 16.1 Å². The number of piperazine rings is 1. The Kier molecular flexibility index (Phi) is 5.33. The van der Waals surface area contributed by atoms with Gasteiger partial charge in [-0.1, -0.05) is 11.6 Å². The number of anilines is 1. The normalized spacial score (nSPS) is 25.2. The number of rotatable bonds is 3. The van der Waals surface area contributed by atoms with Gasteiger partial charge in [-0.15, -0.1) is 0 Å². The van der Waals surface area contributed by atoms with E-state index in [1.165, 1.54) is 0 Å². The fourth-order valence-electron chi connectivity index (χ4n) is 3.63. The molecule has 6 heteroatoms. The Morgan fingerprint density at radius 2 is 2.21 bits per heavy atom. The number of ether oxygens (including phenoxy) is 1. The third-order valence-corrected chi connectivity index (χ3v) is 5.41. The van der Waals surface area contributed by atoms with E-state index in [0.717, 1.165) is 49.4 Å². The van der Waals surface area contributed by atoms with Crippen molar-refractivity contribution in [1.29, 1.82) is 0 Å². The molecule has 2 saturated heterocycles. The van der Waals surface area contributed by atoms with Gasteiger partial charge in [0.15, 0.2) is 0 Å². The van der Waals surface area contributed by atoms with Crippen molar-refractivity contribution in [2.24, 2.45) is 5.92 Å². The quantitative estimate of drug-likeness (QED) is 0.849. The van der Waals surface area contributed by atoms with Crippen LogP contribution in [0.25, 0.3) is 0 Å². The van der Waals surface area contributed by atoms with Gasteiger partial charge in [0.2, 0.25) is 5.91 Å². The van der Waals surface area contributed by atoms with Crippen molar-refractivity contribution in [3.05, 3.63) is 28.3 Å². The van der Waals surface area contributed by atoms with Gasteiger partial charge in [-0.25, -0.2) is 0 Å². The van der Waals surface area contributed by atoms with Crippen LogP contribution < -0.4 is 5.73 Å². The SMILES string of the molecule is Cc1c(N)cc(Cl)cc1CN1CCN(C(=O)C2CCOC2)[C@@H](C)C1. The first-order valence-electron chi connectivity index (χ1n) is 8.60. The van der Waals surface area contributed by atoms with Crippen molar-refractivity contribution in [2.75, 3.05) is 38.6 Å². The van der Waals surface area contributed by atoms with E-state index in [4.69, 9.17) is 22.1 Å². The number of amides is 1. The molecule has 0 aromatic heterocycles. The number of nitrogens with zero attached hydrogens (tertiary/aromatic N) is 2. The molecule has 2 heterocycles. The average Bonchev–Trinajstić information content (AvgIpc) is 3.06. The second-order valence-corrected chi connectivity index (χ2v) is 7.39. The first-order chi connectivity index (χ1) is 11.5. The number of nitrogen functional groups attached to an aromatic ring is 1. The van der Waals surface area contributed by atoms with Crippen molar-refractivity contribution in [1.82, 2.24) is 9.80 Å². The minimum absolute atomic E-state index is 0.0500. The van der Waals surface area contributed by atoms with E-state index in [9.17, 15) is 4.79 Å². The van der Waals surface area contributed by atoms with Crippen molar-refractivity contribution < 1.29 is 9.53 Å². The van der Waals surface area contributed by atoms with Gasteiger partial charge in [0.05, 0.1) is 12.5 Å². The van der Waals surface area contributed by atoms with Crippen LogP contribution >= 0.6 is 11.6 Å². The Morgan fingerprint density at radius 3 is 2.88 bits per heavy atom. The maximum absolute atomic E-state index is 12.6. The molecule has 1 aromatic carbocycles. The minimum Gasteiger partial charge on any atom is -0.398 e. The predicted molar refractivity (Wildman–Crippen MR) is 96.0 cm³/mol. The molecule has 2 N–H and O–H groups in total. The number of hydrogen-bond donors (Lipinski definition) is 1. The number of carbonyl (C=O) groups is 1. The maximum atomic E-state index is 12.6. The molecule has 2 aliphatic rings. The van der Waals surface area contributed by atoms with Gasteiger partial charge in [0.25, 0.3) is 0 Å². The largest absolute Gasteiger partial charge is 0.398 e. The Bertz CT molecular complexity index is 617. The molecule has 1 amide bonds. The summed E-state index contributed by atoms with van der Waals surface area (Å²) in [5.41, 5.74) is 9.01. The fraction of sp³-hybridized carbons (Fsp3) is 0.611. The molecule has 0 aliphatic carbocycles. The van der Waals surface area contributed by atoms with E-state index in [1.807, 2.05) is 17.9 Å². The number of carbonyl (C=O) groups excluding carboxylic acids is 1. The van der Waals surface area contributed by atoms with Crippen LogP contribution in [0, 0.1) is 12.8 Å². The molecule has 2 fully saturated rings. The lowest BCUT2D eigenvalue weighted by atomic mass is 10.0. The standard InChI is InChI=1S/C18H26ClN3O2/c1-12-9-21(10-15-7-16(19)8-17(20)13(15)2)4-5-22(12)18(23)14-3-6-24-11-14/h7-8,12,14H,3-6,9-11,20H2,1-2H3/t12-,14?/m0/s1. The molecule has 0 saturated carbocycles. The van der Waals surface area contributed by atoms with Crippen LogP contribution in [0.15, 0.2) is 12.1 Å². The van der Waals surface area contributed by atoms with Gasteiger partial charge in [-0.3, -0.25) is 9.69 Å². The summed E-state index contributed by atoms with van der Waals surface area (Å²) in [7, 11) is 0. The molecule has 3 rings (SSSR count). The van der Waals surface area contributed by atoms with Crippen LogP contribution in [-0.4, -0.2) is 54.6 Å². The van der Waals surface area contributed by atoms with Crippen LogP contribution in [0.4, 0.5) is 5.69 Å². The first kappa shape index (κ1) is 17.5. The van der Waals surface area contributed by atoms with Crippen molar-refractivity contribution in [2.45, 2.75) is 32.9 Å². The summed E-state index contributed by atoms with van der Waals surface area (Å²) >= 11 is 6.14. The highest BCUT2D eigenvalue weighted by molar-refractivity contribution is 6.31. The zero-order valence-electron chi connectivity index (χ0n) is 14.4. The minimum atomic E-state index is 0.0500. The van der Waals surface area contributed by atoms with Crippen LogP contribution in [0.5, 0.6) is 0 Å². The van der Waals surface area contributed by atoms with Gasteiger partial charge in [0, 0.05) is 49.5 Å². The molecule has 2 atom stereocenters. The molecule has 2 aliphatic heterocycles. The van der Waals surface area contributed by atoms with E-state index in [1.54, 1.807) is 6.07 Å². The van der Waals surface area contributed by atoms with Gasteiger partial charge < -0.3 is 15.4 Å². The number of benzene rings is 1. The highest BCUT2D eigenvalue weighted by Gasteiger charge is 2.33. The van der Waals surface area contributed by atoms with Gasteiger partial charge in [-0.2, -0.15) is 0 Å². The van der Waals surface area contributed by atoms with Gasteiger partial charge in [0.1, 0.15) is 0 Å². The summed E-state index contributed by atoms with van der Waals surface area (Å²) < 4.78 is 5.36. The number of hydrogen-bond acceptors (Lipinski definition) is 4. The van der Waals surface area contributed by atoms with E-state index < -0.39 is 0 Å². The Morgan fingerprint density at radius 1 is 1.42 bits per heavy atom.